The van der Waals surface area contributed by atoms with E-state index in [4.69, 9.17) is 16.5 Å². The highest BCUT2D eigenvalue weighted by atomic mass is 19.1. The van der Waals surface area contributed by atoms with Crippen LogP contribution in [0.1, 0.15) is 0 Å². The van der Waals surface area contributed by atoms with Crippen LogP contribution in [0.3, 0.4) is 0 Å². The monoisotopic (exact) mass is 851 g/mol. The van der Waals surface area contributed by atoms with Crippen molar-refractivity contribution < 1.29 is 8.78 Å². The molecule has 66 heavy (non-hydrogen) atoms. The minimum absolute atomic E-state index is 0.251. The molecule has 0 saturated carbocycles. The van der Waals surface area contributed by atoms with Gasteiger partial charge in [-0.15, -0.1) is 0 Å². The van der Waals surface area contributed by atoms with E-state index in [0.29, 0.717) is 16.9 Å². The van der Waals surface area contributed by atoms with Gasteiger partial charge in [0.1, 0.15) is 11.6 Å². The lowest BCUT2D eigenvalue weighted by atomic mass is 10.0. The fourth-order valence-corrected chi connectivity index (χ4v) is 9.47. The van der Waals surface area contributed by atoms with Gasteiger partial charge in [-0.3, -0.25) is 0 Å². The van der Waals surface area contributed by atoms with Crippen LogP contribution < -0.4 is 0 Å². The quantitative estimate of drug-likeness (QED) is 0.150. The lowest BCUT2D eigenvalue weighted by molar-refractivity contribution is 0.584. The number of nitrogens with zero attached hydrogens (tertiary/aromatic N) is 5. The zero-order valence-electron chi connectivity index (χ0n) is 35.2. The van der Waals surface area contributed by atoms with E-state index in [1.807, 2.05) is 109 Å². The molecule has 12 aromatic rings. The Morgan fingerprint density at radius 1 is 0.348 bits per heavy atom. The molecule has 0 bridgehead atoms. The molecule has 4 heterocycles. The summed E-state index contributed by atoms with van der Waals surface area (Å²) >= 11 is 0. The standard InChI is InChI=1S/C59H35F2N5/c1-62-53-36-59(66-55-25-11-9-19-45(55)47-29-27-40(33-57(47)66)52-23-13-21-50(64-52)38-16-6-3-7-17-38)58(35-48(53)41-30-42(60)34-43(61)31-41)65-54-24-10-8-18-44(54)46-28-26-39(32-56(46)65)51-22-12-20-49(63-51)37-14-4-2-5-15-37/h2-36H. The minimum Gasteiger partial charge on any atom is -0.308 e. The maximum absolute atomic E-state index is 15.1. The predicted molar refractivity (Wildman–Crippen MR) is 264 cm³/mol. The molecule has 310 valence electrons. The van der Waals surface area contributed by atoms with Crippen LogP contribution in [0.4, 0.5) is 14.5 Å². The van der Waals surface area contributed by atoms with Gasteiger partial charge in [0.05, 0.1) is 62.8 Å². The molecule has 0 unspecified atom stereocenters. The number of rotatable bonds is 7. The highest BCUT2D eigenvalue weighted by Crippen LogP contribution is 2.44. The first-order chi connectivity index (χ1) is 32.5. The first-order valence-corrected chi connectivity index (χ1v) is 21.6. The third-order valence-electron chi connectivity index (χ3n) is 12.4. The van der Waals surface area contributed by atoms with E-state index in [2.05, 4.69) is 98.9 Å². The van der Waals surface area contributed by atoms with Crippen molar-refractivity contribution in [2.75, 3.05) is 0 Å². The first kappa shape index (κ1) is 38.7. The molecule has 8 aromatic carbocycles. The third-order valence-corrected chi connectivity index (χ3v) is 12.4. The van der Waals surface area contributed by atoms with E-state index in [1.165, 1.54) is 12.1 Å². The number of aromatic nitrogens is 4. The van der Waals surface area contributed by atoms with Crippen molar-refractivity contribution in [1.29, 1.82) is 0 Å². The second-order valence-electron chi connectivity index (χ2n) is 16.3. The van der Waals surface area contributed by atoms with Gasteiger partial charge in [0, 0.05) is 49.9 Å². The SMILES string of the molecule is [C-]#[N+]c1cc(-n2c3ccccc3c3ccc(-c4cccc(-c5ccccc5)n4)cc32)c(-n2c3ccccc3c3ccc(-c4cccc(-c5ccccc5)n4)cc32)cc1-c1cc(F)cc(F)c1. The third kappa shape index (κ3) is 6.51. The van der Waals surface area contributed by atoms with Crippen LogP contribution in [0.5, 0.6) is 0 Å². The van der Waals surface area contributed by atoms with Gasteiger partial charge in [-0.25, -0.2) is 23.6 Å². The van der Waals surface area contributed by atoms with E-state index < -0.39 is 11.6 Å². The number of para-hydroxylation sites is 2. The van der Waals surface area contributed by atoms with E-state index in [-0.39, 0.29) is 11.3 Å². The maximum Gasteiger partial charge on any atom is 0.197 e. The summed E-state index contributed by atoms with van der Waals surface area (Å²) in [6.07, 6.45) is 0. The summed E-state index contributed by atoms with van der Waals surface area (Å²) in [4.78, 5) is 14.3. The molecule has 0 saturated heterocycles. The van der Waals surface area contributed by atoms with Gasteiger partial charge in [0.15, 0.2) is 5.69 Å². The van der Waals surface area contributed by atoms with Crippen LogP contribution in [-0.2, 0) is 0 Å². The Morgan fingerprint density at radius 3 is 1.26 bits per heavy atom. The molecule has 4 aromatic heterocycles. The van der Waals surface area contributed by atoms with Gasteiger partial charge in [-0.1, -0.05) is 133 Å². The number of fused-ring (bicyclic) bond motifs is 6. The average Bonchev–Trinajstić information content (AvgIpc) is 3.88. The van der Waals surface area contributed by atoms with Crippen molar-refractivity contribution in [2.24, 2.45) is 0 Å². The molecule has 7 heteroatoms. The summed E-state index contributed by atoms with van der Waals surface area (Å²) in [7, 11) is 0. The van der Waals surface area contributed by atoms with Crippen LogP contribution in [-0.4, -0.2) is 19.1 Å². The highest BCUT2D eigenvalue weighted by molar-refractivity contribution is 6.13. The molecule has 12 rings (SSSR count). The van der Waals surface area contributed by atoms with Gasteiger partial charge in [0.2, 0.25) is 0 Å². The molecule has 0 N–H and O–H groups in total. The van der Waals surface area contributed by atoms with Crippen molar-refractivity contribution in [3.05, 3.63) is 235 Å². The number of hydrogen-bond acceptors (Lipinski definition) is 2. The van der Waals surface area contributed by atoms with E-state index in [9.17, 15) is 0 Å². The molecule has 0 fully saturated rings. The fraction of sp³-hybridized carbons (Fsp3) is 0. The fourth-order valence-electron chi connectivity index (χ4n) is 9.47. The van der Waals surface area contributed by atoms with Crippen LogP contribution >= 0.6 is 0 Å². The minimum atomic E-state index is -0.724. The van der Waals surface area contributed by atoms with Gasteiger partial charge in [0.25, 0.3) is 0 Å². The largest absolute Gasteiger partial charge is 0.308 e. The van der Waals surface area contributed by atoms with Crippen molar-refractivity contribution in [1.82, 2.24) is 19.1 Å². The molecule has 0 aliphatic heterocycles. The average molecular weight is 852 g/mol. The molecule has 0 spiro atoms. The zero-order valence-corrected chi connectivity index (χ0v) is 35.2. The predicted octanol–water partition coefficient (Wildman–Crippen LogP) is 15.8. The molecule has 5 nitrogen and oxygen atoms in total. The second-order valence-corrected chi connectivity index (χ2v) is 16.3. The topological polar surface area (TPSA) is 40.0 Å². The van der Waals surface area contributed by atoms with Gasteiger partial charge in [-0.05, 0) is 83.9 Å². The number of hydrogen-bond donors (Lipinski definition) is 0. The summed E-state index contributed by atoms with van der Waals surface area (Å²) in [5.74, 6) is -1.45. The Balaban J connectivity index is 1.16. The Kier molecular flexibility index (Phi) is 9.18. The first-order valence-electron chi connectivity index (χ1n) is 21.6. The van der Waals surface area contributed by atoms with E-state index in [0.717, 1.165) is 94.7 Å². The lowest BCUT2D eigenvalue weighted by Crippen LogP contribution is -2.04. The van der Waals surface area contributed by atoms with Crippen molar-refractivity contribution in [3.63, 3.8) is 0 Å². The zero-order chi connectivity index (χ0) is 44.3. The van der Waals surface area contributed by atoms with Crippen LogP contribution in [0.2, 0.25) is 0 Å². The number of pyridine rings is 2. The van der Waals surface area contributed by atoms with Crippen LogP contribution in [0.25, 0.3) is 116 Å². The molecule has 0 atom stereocenters. The van der Waals surface area contributed by atoms with E-state index >= 15 is 8.78 Å². The molecular weight excluding hydrogens is 817 g/mol. The molecule has 0 radical (unpaired) electrons. The van der Waals surface area contributed by atoms with Crippen molar-refractivity contribution >= 4 is 49.3 Å². The van der Waals surface area contributed by atoms with Crippen LogP contribution in [0.15, 0.2) is 212 Å². The summed E-state index contributed by atoms with van der Waals surface area (Å²) < 4.78 is 34.6. The normalized spacial score (nSPS) is 11.5. The number of halogens is 2. The highest BCUT2D eigenvalue weighted by Gasteiger charge is 2.24. The van der Waals surface area contributed by atoms with Crippen LogP contribution in [0, 0.1) is 18.2 Å². The lowest BCUT2D eigenvalue weighted by Gasteiger charge is -2.20. The molecular formula is C59H35F2N5. The van der Waals surface area contributed by atoms with Crippen molar-refractivity contribution in [2.45, 2.75) is 0 Å². The van der Waals surface area contributed by atoms with Gasteiger partial charge in [-0.2, -0.15) is 0 Å². The summed E-state index contributed by atoms with van der Waals surface area (Å²) in [6, 6.07) is 68.9. The Bertz CT molecular complexity index is 3900. The molecule has 0 aliphatic carbocycles. The van der Waals surface area contributed by atoms with Crippen molar-refractivity contribution in [3.8, 4) is 67.5 Å². The maximum atomic E-state index is 15.1. The smallest absolute Gasteiger partial charge is 0.197 e. The molecule has 0 aliphatic rings. The summed E-state index contributed by atoms with van der Waals surface area (Å²) in [6.45, 7) is 8.54. The van der Waals surface area contributed by atoms with E-state index in [1.54, 1.807) is 0 Å². The Morgan fingerprint density at radius 2 is 0.773 bits per heavy atom. The van der Waals surface area contributed by atoms with Gasteiger partial charge >= 0.3 is 0 Å². The summed E-state index contributed by atoms with van der Waals surface area (Å²) in [5, 5.41) is 4.10. The summed E-state index contributed by atoms with van der Waals surface area (Å²) in [5.41, 5.74) is 13.3. The molecule has 0 amide bonds. The Hall–Kier alpha value is -8.99. The van der Waals surface area contributed by atoms with Gasteiger partial charge < -0.3 is 9.13 Å². The number of benzene rings is 8. The Labute approximate surface area is 378 Å². The second kappa shape index (κ2) is 15.7.